The third-order valence-corrected chi connectivity index (χ3v) is 5.02. The lowest BCUT2D eigenvalue weighted by molar-refractivity contribution is -0.140. The number of ether oxygens (including phenoxy) is 1. The number of halogens is 3. The Morgan fingerprint density at radius 2 is 1.75 bits per heavy atom. The number of hydrogen-bond donors (Lipinski definition) is 1. The fraction of sp³-hybridized carbons (Fsp3) is 0.167. The van der Waals surface area contributed by atoms with Gasteiger partial charge in [-0.15, -0.1) is 0 Å². The quantitative estimate of drug-likeness (QED) is 0.712. The highest BCUT2D eigenvalue weighted by atomic mass is 32.2. The topological polar surface area (TPSA) is 87.2 Å². The van der Waals surface area contributed by atoms with E-state index >= 15 is 0 Å². The summed E-state index contributed by atoms with van der Waals surface area (Å²) in [6.07, 6.45) is -3.77. The molecule has 0 saturated heterocycles. The van der Waals surface area contributed by atoms with Crippen LogP contribution in [0.2, 0.25) is 0 Å². The molecule has 0 unspecified atom stereocenters. The van der Waals surface area contributed by atoms with Gasteiger partial charge in [0.2, 0.25) is 10.0 Å². The molecule has 3 aromatic rings. The number of imidazole rings is 1. The zero-order valence-electron chi connectivity index (χ0n) is 14.9. The predicted octanol–water partition coefficient (Wildman–Crippen LogP) is 3.52. The maximum absolute atomic E-state index is 13.2. The van der Waals surface area contributed by atoms with E-state index in [2.05, 4.69) is 4.98 Å². The van der Waals surface area contributed by atoms with Crippen molar-refractivity contribution < 1.29 is 26.3 Å². The van der Waals surface area contributed by atoms with Gasteiger partial charge < -0.3 is 4.74 Å². The molecule has 0 fully saturated rings. The van der Waals surface area contributed by atoms with Crippen molar-refractivity contribution in [2.75, 3.05) is 7.11 Å². The molecule has 28 heavy (non-hydrogen) atoms. The van der Waals surface area contributed by atoms with Crippen LogP contribution < -0.4 is 9.88 Å². The first kappa shape index (κ1) is 19.9. The second-order valence-electron chi connectivity index (χ2n) is 6.04. The molecule has 2 N–H and O–H groups in total. The molecule has 0 spiro atoms. The van der Waals surface area contributed by atoms with E-state index < -0.39 is 21.9 Å². The molecule has 0 aliphatic heterocycles. The Kier molecular flexibility index (Phi) is 4.94. The molecule has 1 heterocycles. The molecular formula is C18H16F3N3O3S. The second-order valence-corrected chi connectivity index (χ2v) is 7.60. The standard InChI is InChI=1S/C18H16F3N3O3S/c1-11-9-12(3-8-15(11)27-2)17-23-16(18(19,20)21)10-24(17)13-4-6-14(7-5-13)28(22,25)26/h3-10H,1-2H3,(H2,22,25,26). The second kappa shape index (κ2) is 6.95. The molecule has 1 aromatic heterocycles. The summed E-state index contributed by atoms with van der Waals surface area (Å²) in [5.74, 6) is 0.650. The fourth-order valence-electron chi connectivity index (χ4n) is 2.73. The first-order valence-corrected chi connectivity index (χ1v) is 9.50. The zero-order valence-corrected chi connectivity index (χ0v) is 15.7. The Bertz CT molecular complexity index is 1120. The summed E-state index contributed by atoms with van der Waals surface area (Å²) in [6.45, 7) is 1.77. The van der Waals surface area contributed by atoms with Crippen LogP contribution in [0.15, 0.2) is 53.6 Å². The smallest absolute Gasteiger partial charge is 0.434 e. The lowest BCUT2D eigenvalue weighted by Crippen LogP contribution is -2.12. The normalized spacial score (nSPS) is 12.2. The number of hydrogen-bond acceptors (Lipinski definition) is 4. The summed E-state index contributed by atoms with van der Waals surface area (Å²) >= 11 is 0. The monoisotopic (exact) mass is 411 g/mol. The van der Waals surface area contributed by atoms with Crippen molar-refractivity contribution in [3.8, 4) is 22.8 Å². The average molecular weight is 411 g/mol. The first-order chi connectivity index (χ1) is 13.0. The van der Waals surface area contributed by atoms with E-state index in [0.717, 1.165) is 11.8 Å². The molecule has 3 rings (SSSR count). The van der Waals surface area contributed by atoms with Gasteiger partial charge in [-0.1, -0.05) is 0 Å². The number of benzene rings is 2. The largest absolute Gasteiger partial charge is 0.496 e. The van der Waals surface area contributed by atoms with Crippen LogP contribution >= 0.6 is 0 Å². The summed E-state index contributed by atoms with van der Waals surface area (Å²) in [5, 5.41) is 5.06. The molecule has 0 radical (unpaired) electrons. The third kappa shape index (κ3) is 3.87. The van der Waals surface area contributed by atoms with Crippen LogP contribution in [0.1, 0.15) is 11.3 Å². The van der Waals surface area contributed by atoms with E-state index in [0.29, 0.717) is 17.0 Å². The van der Waals surface area contributed by atoms with Gasteiger partial charge in [0.1, 0.15) is 11.6 Å². The number of sulfonamides is 1. The molecule has 0 amide bonds. The van der Waals surface area contributed by atoms with Crippen LogP contribution in [0.5, 0.6) is 5.75 Å². The molecule has 0 bridgehead atoms. The maximum Gasteiger partial charge on any atom is 0.434 e. The van der Waals surface area contributed by atoms with Crippen molar-refractivity contribution in [3.63, 3.8) is 0 Å². The van der Waals surface area contributed by atoms with Gasteiger partial charge in [-0.05, 0) is 55.0 Å². The van der Waals surface area contributed by atoms with E-state index in [-0.39, 0.29) is 10.7 Å². The summed E-state index contributed by atoms with van der Waals surface area (Å²) in [6, 6.07) is 10.1. The average Bonchev–Trinajstić information content (AvgIpc) is 3.07. The zero-order chi connectivity index (χ0) is 20.7. The number of aryl methyl sites for hydroxylation is 1. The minimum absolute atomic E-state index is 0.0569. The summed E-state index contributed by atoms with van der Waals surface area (Å²) < 4.78 is 68.9. The Morgan fingerprint density at radius 1 is 1.11 bits per heavy atom. The van der Waals surface area contributed by atoms with Crippen LogP contribution in [0.3, 0.4) is 0 Å². The van der Waals surface area contributed by atoms with Crippen LogP contribution in [-0.2, 0) is 16.2 Å². The summed E-state index contributed by atoms with van der Waals surface area (Å²) in [4.78, 5) is 3.61. The molecular weight excluding hydrogens is 395 g/mol. The van der Waals surface area contributed by atoms with Crippen molar-refractivity contribution in [2.45, 2.75) is 18.0 Å². The Balaban J connectivity index is 2.18. The van der Waals surface area contributed by atoms with E-state index in [1.165, 1.54) is 35.9 Å². The predicted molar refractivity (Wildman–Crippen MR) is 96.7 cm³/mol. The van der Waals surface area contributed by atoms with Gasteiger partial charge in [0.05, 0.1) is 12.0 Å². The highest BCUT2D eigenvalue weighted by Gasteiger charge is 2.35. The lowest BCUT2D eigenvalue weighted by Gasteiger charge is -2.10. The lowest BCUT2D eigenvalue weighted by atomic mass is 10.1. The molecule has 0 aliphatic carbocycles. The third-order valence-electron chi connectivity index (χ3n) is 4.09. The fourth-order valence-corrected chi connectivity index (χ4v) is 3.25. The summed E-state index contributed by atoms with van der Waals surface area (Å²) in [7, 11) is -2.42. The highest BCUT2D eigenvalue weighted by Crippen LogP contribution is 2.34. The van der Waals surface area contributed by atoms with Crippen molar-refractivity contribution in [2.24, 2.45) is 5.14 Å². The number of alkyl halides is 3. The molecule has 2 aromatic carbocycles. The van der Waals surface area contributed by atoms with Crippen LogP contribution in [0.4, 0.5) is 13.2 Å². The van der Waals surface area contributed by atoms with Crippen molar-refractivity contribution in [1.29, 1.82) is 0 Å². The SMILES string of the molecule is COc1ccc(-c2nc(C(F)(F)F)cn2-c2ccc(S(N)(=O)=O)cc2)cc1C. The van der Waals surface area contributed by atoms with Gasteiger partial charge >= 0.3 is 6.18 Å². The first-order valence-electron chi connectivity index (χ1n) is 7.95. The van der Waals surface area contributed by atoms with E-state index in [4.69, 9.17) is 9.88 Å². The minimum atomic E-state index is -4.64. The van der Waals surface area contributed by atoms with Gasteiger partial charge in [0.15, 0.2) is 5.69 Å². The number of methoxy groups -OCH3 is 1. The van der Waals surface area contributed by atoms with Crippen molar-refractivity contribution in [1.82, 2.24) is 9.55 Å². The summed E-state index contributed by atoms with van der Waals surface area (Å²) in [5.41, 5.74) is 0.419. The van der Waals surface area contributed by atoms with Gasteiger partial charge in [0, 0.05) is 17.4 Å². The number of rotatable bonds is 4. The van der Waals surface area contributed by atoms with E-state index in [1.54, 1.807) is 25.1 Å². The molecule has 0 saturated carbocycles. The molecule has 6 nitrogen and oxygen atoms in total. The maximum atomic E-state index is 13.2. The minimum Gasteiger partial charge on any atom is -0.496 e. The van der Waals surface area contributed by atoms with Crippen molar-refractivity contribution >= 4 is 10.0 Å². The molecule has 0 atom stereocenters. The number of nitrogens with zero attached hydrogens (tertiary/aromatic N) is 2. The number of primary sulfonamides is 1. The van der Waals surface area contributed by atoms with Gasteiger partial charge in [-0.2, -0.15) is 13.2 Å². The van der Waals surface area contributed by atoms with Gasteiger partial charge in [0.25, 0.3) is 0 Å². The Morgan fingerprint density at radius 3 is 2.25 bits per heavy atom. The van der Waals surface area contributed by atoms with Crippen LogP contribution in [0, 0.1) is 6.92 Å². The van der Waals surface area contributed by atoms with Crippen molar-refractivity contribution in [3.05, 3.63) is 59.9 Å². The van der Waals surface area contributed by atoms with Gasteiger partial charge in [-0.25, -0.2) is 18.5 Å². The number of nitrogens with two attached hydrogens (primary N) is 1. The highest BCUT2D eigenvalue weighted by molar-refractivity contribution is 7.89. The molecule has 0 aliphatic rings. The van der Waals surface area contributed by atoms with Crippen LogP contribution in [0.25, 0.3) is 17.1 Å². The molecule has 148 valence electrons. The van der Waals surface area contributed by atoms with Crippen LogP contribution in [-0.4, -0.2) is 25.1 Å². The van der Waals surface area contributed by atoms with E-state index in [9.17, 15) is 21.6 Å². The molecule has 10 heteroatoms. The van der Waals surface area contributed by atoms with Gasteiger partial charge in [-0.3, -0.25) is 4.57 Å². The Labute approximate surface area is 159 Å². The van der Waals surface area contributed by atoms with E-state index in [1.807, 2.05) is 0 Å². The Hall–Kier alpha value is -2.85. The number of aromatic nitrogens is 2.